The number of nitrogens with zero attached hydrogens (tertiary/aromatic N) is 3. The second kappa shape index (κ2) is 9.64. The number of pyridine rings is 1. The molecule has 9 nitrogen and oxygen atoms in total. The lowest BCUT2D eigenvalue weighted by Gasteiger charge is -2.19. The van der Waals surface area contributed by atoms with Crippen LogP contribution >= 0.6 is 0 Å². The van der Waals surface area contributed by atoms with E-state index in [0.29, 0.717) is 29.5 Å². The Kier molecular flexibility index (Phi) is 6.74. The summed E-state index contributed by atoms with van der Waals surface area (Å²) in [6.45, 7) is 5.98. The van der Waals surface area contributed by atoms with Gasteiger partial charge in [0.15, 0.2) is 5.82 Å². The molecule has 0 bridgehead atoms. The van der Waals surface area contributed by atoms with E-state index in [9.17, 15) is 9.59 Å². The van der Waals surface area contributed by atoms with Crippen molar-refractivity contribution in [3.05, 3.63) is 71.6 Å². The molecule has 0 fully saturated rings. The molecule has 1 atom stereocenters. The normalized spacial score (nSPS) is 11.7. The smallest absolute Gasteiger partial charge is 0.315 e. The number of hydrogen-bond donors (Lipinski definition) is 3. The van der Waals surface area contributed by atoms with E-state index in [1.165, 1.54) is 0 Å². The van der Waals surface area contributed by atoms with E-state index >= 15 is 0 Å². The van der Waals surface area contributed by atoms with E-state index < -0.39 is 0 Å². The number of carbonyl (C=O) groups is 2. The fourth-order valence-electron chi connectivity index (χ4n) is 2.74. The third-order valence-corrected chi connectivity index (χ3v) is 4.37. The molecule has 2 heterocycles. The van der Waals surface area contributed by atoms with E-state index in [4.69, 9.17) is 4.52 Å². The lowest BCUT2D eigenvalue weighted by molar-refractivity contribution is 0.102. The molecular formula is C21H24N6O3. The minimum Gasteiger partial charge on any atom is -0.337 e. The third kappa shape index (κ3) is 5.63. The molecule has 0 radical (unpaired) electrons. The van der Waals surface area contributed by atoms with Gasteiger partial charge in [-0.3, -0.25) is 9.78 Å². The Hall–Kier alpha value is -3.75. The fourth-order valence-corrected chi connectivity index (χ4v) is 2.74. The average molecular weight is 408 g/mol. The van der Waals surface area contributed by atoms with Gasteiger partial charge in [0.05, 0.1) is 0 Å². The van der Waals surface area contributed by atoms with Gasteiger partial charge in [-0.25, -0.2) is 4.79 Å². The summed E-state index contributed by atoms with van der Waals surface area (Å²) >= 11 is 0. The van der Waals surface area contributed by atoms with Gasteiger partial charge in [-0.15, -0.1) is 0 Å². The van der Waals surface area contributed by atoms with Gasteiger partial charge in [0.2, 0.25) is 5.89 Å². The van der Waals surface area contributed by atoms with E-state index in [1.54, 1.807) is 43.6 Å². The SMILES string of the molecule is Cc1noc(C(NC(=O)NCc2ccc(NC(=O)c3ccncc3)cc2)C(C)C)n1. The molecule has 3 N–H and O–H groups in total. The summed E-state index contributed by atoms with van der Waals surface area (Å²) < 4.78 is 5.19. The largest absolute Gasteiger partial charge is 0.337 e. The van der Waals surface area contributed by atoms with Crippen LogP contribution in [-0.2, 0) is 6.54 Å². The van der Waals surface area contributed by atoms with E-state index in [0.717, 1.165) is 5.56 Å². The molecule has 9 heteroatoms. The van der Waals surface area contributed by atoms with Crippen LogP contribution in [0.5, 0.6) is 0 Å². The Balaban J connectivity index is 1.51. The number of amides is 3. The maximum atomic E-state index is 12.3. The van der Waals surface area contributed by atoms with Crippen LogP contribution in [0.3, 0.4) is 0 Å². The number of carbonyl (C=O) groups excluding carboxylic acids is 2. The van der Waals surface area contributed by atoms with Crippen LogP contribution < -0.4 is 16.0 Å². The first-order valence-electron chi connectivity index (χ1n) is 9.57. The summed E-state index contributed by atoms with van der Waals surface area (Å²) in [5.74, 6) is 0.776. The number of nitrogens with one attached hydrogen (secondary N) is 3. The van der Waals surface area contributed by atoms with Gasteiger partial charge in [0.25, 0.3) is 5.91 Å². The maximum Gasteiger partial charge on any atom is 0.315 e. The Morgan fingerprint density at radius 3 is 2.37 bits per heavy atom. The van der Waals surface area contributed by atoms with Crippen molar-refractivity contribution in [2.75, 3.05) is 5.32 Å². The zero-order valence-electron chi connectivity index (χ0n) is 17.0. The molecule has 30 heavy (non-hydrogen) atoms. The number of aromatic nitrogens is 3. The minimum absolute atomic E-state index is 0.0823. The van der Waals surface area contributed by atoms with Crippen LogP contribution in [-0.4, -0.2) is 27.1 Å². The standard InChI is InChI=1S/C21H24N6O3/c1-13(2)18(20-24-14(3)27-30-20)26-21(29)23-12-15-4-6-17(7-5-15)25-19(28)16-8-10-22-11-9-16/h4-11,13,18H,12H2,1-3H3,(H,25,28)(H2,23,26,29). The predicted molar refractivity (Wildman–Crippen MR) is 111 cm³/mol. The monoisotopic (exact) mass is 408 g/mol. The summed E-state index contributed by atoms with van der Waals surface area (Å²) in [5, 5.41) is 12.3. The summed E-state index contributed by atoms with van der Waals surface area (Å²) in [6, 6.07) is 9.82. The van der Waals surface area contributed by atoms with Gasteiger partial charge in [-0.05, 0) is 42.7 Å². The molecule has 0 spiro atoms. The van der Waals surface area contributed by atoms with Crippen molar-refractivity contribution in [1.82, 2.24) is 25.8 Å². The van der Waals surface area contributed by atoms with Crippen molar-refractivity contribution >= 4 is 17.6 Å². The minimum atomic E-state index is -0.378. The summed E-state index contributed by atoms with van der Waals surface area (Å²) in [6.07, 6.45) is 3.14. The highest BCUT2D eigenvalue weighted by atomic mass is 16.5. The number of urea groups is 1. The van der Waals surface area contributed by atoms with Gasteiger partial charge in [-0.1, -0.05) is 31.1 Å². The lowest BCUT2D eigenvalue weighted by Crippen LogP contribution is -2.39. The molecule has 3 amide bonds. The number of benzene rings is 1. The topological polar surface area (TPSA) is 122 Å². The van der Waals surface area contributed by atoms with E-state index in [2.05, 4.69) is 31.1 Å². The van der Waals surface area contributed by atoms with Crippen LogP contribution in [0.4, 0.5) is 10.5 Å². The second-order valence-corrected chi connectivity index (χ2v) is 7.12. The highest BCUT2D eigenvalue weighted by Crippen LogP contribution is 2.19. The van der Waals surface area contributed by atoms with Crippen LogP contribution in [0.2, 0.25) is 0 Å². The maximum absolute atomic E-state index is 12.3. The van der Waals surface area contributed by atoms with Gasteiger partial charge in [-0.2, -0.15) is 4.98 Å². The van der Waals surface area contributed by atoms with Crippen LogP contribution in [0.15, 0.2) is 53.3 Å². The molecule has 3 rings (SSSR count). The highest BCUT2D eigenvalue weighted by Gasteiger charge is 2.23. The molecular weight excluding hydrogens is 384 g/mol. The Bertz CT molecular complexity index is 985. The molecule has 2 aromatic heterocycles. The summed E-state index contributed by atoms with van der Waals surface area (Å²) in [7, 11) is 0. The second-order valence-electron chi connectivity index (χ2n) is 7.12. The van der Waals surface area contributed by atoms with Gasteiger partial charge < -0.3 is 20.5 Å². The van der Waals surface area contributed by atoms with Crippen molar-refractivity contribution in [3.8, 4) is 0 Å². The van der Waals surface area contributed by atoms with Crippen LogP contribution in [0, 0.1) is 12.8 Å². The zero-order valence-corrected chi connectivity index (χ0v) is 17.0. The molecule has 0 aliphatic carbocycles. The van der Waals surface area contributed by atoms with Crippen LogP contribution in [0.1, 0.15) is 47.5 Å². The molecule has 0 aliphatic rings. The number of anilines is 1. The zero-order chi connectivity index (χ0) is 21.5. The van der Waals surface area contributed by atoms with Gasteiger partial charge in [0.1, 0.15) is 6.04 Å². The molecule has 0 aliphatic heterocycles. The lowest BCUT2D eigenvalue weighted by atomic mass is 10.0. The quantitative estimate of drug-likeness (QED) is 0.552. The molecule has 1 aromatic carbocycles. The van der Waals surface area contributed by atoms with Crippen molar-refractivity contribution in [2.45, 2.75) is 33.4 Å². The van der Waals surface area contributed by atoms with Crippen molar-refractivity contribution < 1.29 is 14.1 Å². The first kappa shape index (κ1) is 21.0. The Morgan fingerprint density at radius 2 is 1.77 bits per heavy atom. The fraction of sp³-hybridized carbons (Fsp3) is 0.286. The van der Waals surface area contributed by atoms with Crippen LogP contribution in [0.25, 0.3) is 0 Å². The molecule has 0 saturated carbocycles. The molecule has 1 unspecified atom stereocenters. The van der Waals surface area contributed by atoms with Gasteiger partial charge >= 0.3 is 6.03 Å². The molecule has 3 aromatic rings. The van der Waals surface area contributed by atoms with Crippen molar-refractivity contribution in [1.29, 1.82) is 0 Å². The van der Waals surface area contributed by atoms with E-state index in [-0.39, 0.29) is 23.9 Å². The average Bonchev–Trinajstić information content (AvgIpc) is 3.17. The summed E-state index contributed by atoms with van der Waals surface area (Å²) in [4.78, 5) is 32.6. The van der Waals surface area contributed by atoms with E-state index in [1.807, 2.05) is 26.0 Å². The van der Waals surface area contributed by atoms with Crippen molar-refractivity contribution in [2.24, 2.45) is 5.92 Å². The first-order valence-corrected chi connectivity index (χ1v) is 9.57. The third-order valence-electron chi connectivity index (χ3n) is 4.37. The molecule has 0 saturated heterocycles. The molecule has 156 valence electrons. The Labute approximate surface area is 174 Å². The number of rotatable bonds is 7. The summed E-state index contributed by atoms with van der Waals surface area (Å²) in [5.41, 5.74) is 2.09. The highest BCUT2D eigenvalue weighted by molar-refractivity contribution is 6.04. The van der Waals surface area contributed by atoms with Crippen molar-refractivity contribution in [3.63, 3.8) is 0 Å². The Morgan fingerprint density at radius 1 is 1.07 bits per heavy atom. The number of hydrogen-bond acceptors (Lipinski definition) is 6. The first-order chi connectivity index (χ1) is 14.4. The number of aryl methyl sites for hydroxylation is 1. The predicted octanol–water partition coefficient (Wildman–Crippen LogP) is 3.22. The van der Waals surface area contributed by atoms with Gasteiger partial charge in [0, 0.05) is 30.2 Å².